The van der Waals surface area contributed by atoms with E-state index < -0.39 is 10.8 Å². The number of carbonyl (C=O) groups excluding carboxylic acids is 1. The summed E-state index contributed by atoms with van der Waals surface area (Å²) in [6, 6.07) is 6.31. The highest BCUT2D eigenvalue weighted by atomic mass is 16.6. The minimum atomic E-state index is -0.483. The molecule has 7 heteroatoms. The highest BCUT2D eigenvalue weighted by Crippen LogP contribution is 2.29. The molecule has 0 bridgehead atoms. The second-order valence-corrected chi connectivity index (χ2v) is 8.46. The average molecular weight is 358 g/mol. The molecule has 1 N–H and O–H groups in total. The third kappa shape index (κ3) is 4.09. The van der Waals surface area contributed by atoms with E-state index in [-0.39, 0.29) is 22.2 Å². The summed E-state index contributed by atoms with van der Waals surface area (Å²) in [5.41, 5.74) is 1.04. The fourth-order valence-corrected chi connectivity index (χ4v) is 2.48. The molecule has 0 aliphatic rings. The summed E-state index contributed by atoms with van der Waals surface area (Å²) >= 11 is 0. The second kappa shape index (κ2) is 6.55. The Bertz CT molecular complexity index is 855. The van der Waals surface area contributed by atoms with Crippen molar-refractivity contribution in [1.29, 1.82) is 0 Å². The van der Waals surface area contributed by atoms with E-state index in [9.17, 15) is 14.9 Å². The Morgan fingerprint density at radius 1 is 1.15 bits per heavy atom. The zero-order valence-electron chi connectivity index (χ0n) is 16.4. The zero-order valence-corrected chi connectivity index (χ0v) is 16.4. The maximum Gasteiger partial charge on any atom is 0.273 e. The number of amides is 1. The first kappa shape index (κ1) is 19.6. The van der Waals surface area contributed by atoms with Crippen molar-refractivity contribution < 1.29 is 9.72 Å². The van der Waals surface area contributed by atoms with Crippen LogP contribution in [0, 0.1) is 17.0 Å². The zero-order chi connectivity index (χ0) is 19.9. The first-order valence-corrected chi connectivity index (χ1v) is 8.48. The second-order valence-electron chi connectivity index (χ2n) is 8.46. The van der Waals surface area contributed by atoms with Gasteiger partial charge in [0.2, 0.25) is 0 Å². The van der Waals surface area contributed by atoms with E-state index in [4.69, 9.17) is 0 Å². The molecule has 26 heavy (non-hydrogen) atoms. The average Bonchev–Trinajstić information content (AvgIpc) is 2.91. The van der Waals surface area contributed by atoms with Gasteiger partial charge in [0.15, 0.2) is 0 Å². The smallest absolute Gasteiger partial charge is 0.273 e. The number of hydrogen-bond acceptors (Lipinski definition) is 4. The van der Waals surface area contributed by atoms with Gasteiger partial charge in [-0.15, -0.1) is 0 Å². The molecule has 2 aromatic rings. The van der Waals surface area contributed by atoms with Crippen LogP contribution >= 0.6 is 0 Å². The van der Waals surface area contributed by atoms with Gasteiger partial charge in [-0.3, -0.25) is 14.9 Å². The normalized spacial score (nSPS) is 12.1. The minimum absolute atomic E-state index is 0.0719. The SMILES string of the molecule is Cc1ccc(C(=O)Nc2cc(C(C)(C)C)nn2C(C)(C)C)cc1[N+](=O)[O-]. The van der Waals surface area contributed by atoms with Gasteiger partial charge in [-0.25, -0.2) is 4.68 Å². The topological polar surface area (TPSA) is 90.1 Å². The lowest BCUT2D eigenvalue weighted by molar-refractivity contribution is -0.385. The van der Waals surface area contributed by atoms with Crippen LogP contribution < -0.4 is 5.32 Å². The van der Waals surface area contributed by atoms with Crippen molar-refractivity contribution in [3.05, 3.63) is 51.2 Å². The molecule has 0 fully saturated rings. The third-order valence-electron chi connectivity index (χ3n) is 4.02. The third-order valence-corrected chi connectivity index (χ3v) is 4.02. The number of anilines is 1. The van der Waals surface area contributed by atoms with Gasteiger partial charge < -0.3 is 5.32 Å². The van der Waals surface area contributed by atoms with Gasteiger partial charge in [-0.2, -0.15) is 5.10 Å². The molecule has 1 amide bonds. The van der Waals surface area contributed by atoms with Crippen molar-refractivity contribution in [2.75, 3.05) is 5.32 Å². The summed E-state index contributed by atoms with van der Waals surface area (Å²) in [5.74, 6) is 0.162. The number of aromatic nitrogens is 2. The number of nitrogens with zero attached hydrogens (tertiary/aromatic N) is 3. The van der Waals surface area contributed by atoms with Crippen LogP contribution in [-0.4, -0.2) is 20.6 Å². The molecule has 0 saturated carbocycles. The number of carbonyl (C=O) groups is 1. The Kier molecular flexibility index (Phi) is 4.94. The van der Waals surface area contributed by atoms with Gasteiger partial charge in [0.05, 0.1) is 16.2 Å². The van der Waals surface area contributed by atoms with Crippen LogP contribution in [0.25, 0.3) is 0 Å². The molecule has 0 atom stereocenters. The Morgan fingerprint density at radius 2 is 1.77 bits per heavy atom. The minimum Gasteiger partial charge on any atom is -0.307 e. The fraction of sp³-hybridized carbons (Fsp3) is 0.474. The predicted molar refractivity (Wildman–Crippen MR) is 102 cm³/mol. The maximum atomic E-state index is 12.7. The van der Waals surface area contributed by atoms with Gasteiger partial charge in [-0.1, -0.05) is 26.8 Å². The van der Waals surface area contributed by atoms with Crippen LogP contribution in [0.3, 0.4) is 0 Å². The van der Waals surface area contributed by atoms with Crippen LogP contribution in [0.4, 0.5) is 11.5 Å². The molecule has 140 valence electrons. The summed E-state index contributed by atoms with van der Waals surface area (Å²) in [7, 11) is 0. The molecule has 0 saturated heterocycles. The molecule has 0 radical (unpaired) electrons. The first-order chi connectivity index (χ1) is 11.8. The molecule has 0 aliphatic heterocycles. The molecule has 0 unspecified atom stereocenters. The first-order valence-electron chi connectivity index (χ1n) is 8.48. The fourth-order valence-electron chi connectivity index (χ4n) is 2.48. The number of rotatable bonds is 3. The Labute approximate surface area is 153 Å². The molecule has 1 aromatic carbocycles. The molecule has 1 aromatic heterocycles. The molecule has 1 heterocycles. The Balaban J connectivity index is 2.42. The summed E-state index contributed by atoms with van der Waals surface area (Å²) < 4.78 is 1.77. The van der Waals surface area contributed by atoms with Crippen LogP contribution in [-0.2, 0) is 11.0 Å². The molecule has 2 rings (SSSR count). The number of nitro benzene ring substituents is 1. The Hall–Kier alpha value is -2.70. The molecular formula is C19H26N4O3. The largest absolute Gasteiger partial charge is 0.307 e. The van der Waals surface area contributed by atoms with Gasteiger partial charge in [0.1, 0.15) is 5.82 Å². The van der Waals surface area contributed by atoms with Crippen LogP contribution in [0.2, 0.25) is 0 Å². The maximum absolute atomic E-state index is 12.7. The molecule has 7 nitrogen and oxygen atoms in total. The molecule has 0 spiro atoms. The van der Waals surface area contributed by atoms with Crippen molar-refractivity contribution in [2.24, 2.45) is 0 Å². The van der Waals surface area contributed by atoms with Crippen molar-refractivity contribution in [3.63, 3.8) is 0 Å². The van der Waals surface area contributed by atoms with Crippen LogP contribution in [0.5, 0.6) is 0 Å². The Morgan fingerprint density at radius 3 is 2.27 bits per heavy atom. The van der Waals surface area contributed by atoms with Crippen molar-refractivity contribution in [2.45, 2.75) is 59.4 Å². The lowest BCUT2D eigenvalue weighted by Crippen LogP contribution is -2.27. The number of nitrogens with one attached hydrogen (secondary N) is 1. The molecular weight excluding hydrogens is 332 g/mol. The monoisotopic (exact) mass is 358 g/mol. The lowest BCUT2D eigenvalue weighted by Gasteiger charge is -2.23. The van der Waals surface area contributed by atoms with Gasteiger partial charge in [-0.05, 0) is 33.8 Å². The number of benzene rings is 1. The number of aryl methyl sites for hydroxylation is 1. The highest BCUT2D eigenvalue weighted by Gasteiger charge is 2.26. The summed E-state index contributed by atoms with van der Waals surface area (Å²) in [5, 5.41) is 18.6. The van der Waals surface area contributed by atoms with E-state index in [0.717, 1.165) is 5.69 Å². The van der Waals surface area contributed by atoms with Gasteiger partial charge >= 0.3 is 0 Å². The quantitative estimate of drug-likeness (QED) is 0.650. The number of nitro groups is 1. The van der Waals surface area contributed by atoms with Crippen molar-refractivity contribution in [3.8, 4) is 0 Å². The van der Waals surface area contributed by atoms with E-state index in [1.54, 1.807) is 23.7 Å². The van der Waals surface area contributed by atoms with E-state index in [2.05, 4.69) is 31.2 Å². The lowest BCUT2D eigenvalue weighted by atomic mass is 9.92. The van der Waals surface area contributed by atoms with Gasteiger partial charge in [0.25, 0.3) is 11.6 Å². The highest BCUT2D eigenvalue weighted by molar-refractivity contribution is 6.04. The van der Waals surface area contributed by atoms with Gasteiger partial charge in [0, 0.05) is 28.7 Å². The number of hydrogen-bond donors (Lipinski definition) is 1. The van der Waals surface area contributed by atoms with E-state index in [0.29, 0.717) is 11.4 Å². The van der Waals surface area contributed by atoms with E-state index >= 15 is 0 Å². The van der Waals surface area contributed by atoms with Crippen molar-refractivity contribution >= 4 is 17.4 Å². The van der Waals surface area contributed by atoms with E-state index in [1.807, 2.05) is 26.8 Å². The standard InChI is InChI=1S/C19H26N4O3/c1-12-8-9-13(10-14(12)23(25)26)17(24)20-16-11-15(18(2,3)4)21-22(16)19(5,6)7/h8-11H,1-7H3,(H,20,24). The predicted octanol–water partition coefficient (Wildman–Crippen LogP) is 4.40. The van der Waals surface area contributed by atoms with Crippen molar-refractivity contribution in [1.82, 2.24) is 9.78 Å². The summed E-state index contributed by atoms with van der Waals surface area (Å²) in [4.78, 5) is 23.3. The van der Waals surface area contributed by atoms with Crippen LogP contribution in [0.1, 0.15) is 63.2 Å². The molecule has 0 aliphatic carbocycles. The summed E-state index contributed by atoms with van der Waals surface area (Å²) in [6.45, 7) is 13.8. The summed E-state index contributed by atoms with van der Waals surface area (Å²) in [6.07, 6.45) is 0. The van der Waals surface area contributed by atoms with E-state index in [1.165, 1.54) is 6.07 Å². The van der Waals surface area contributed by atoms with Crippen LogP contribution in [0.15, 0.2) is 24.3 Å².